The van der Waals surface area contributed by atoms with E-state index < -0.39 is 0 Å². The van der Waals surface area contributed by atoms with Gasteiger partial charge in [-0.05, 0) is 32.7 Å². The molecule has 1 aliphatic rings. The number of oxazole rings is 1. The van der Waals surface area contributed by atoms with Crippen LogP contribution >= 0.6 is 0 Å². The first-order chi connectivity index (χ1) is 10.1. The largest absolute Gasteiger partial charge is 0.445 e. The lowest BCUT2D eigenvalue weighted by Crippen LogP contribution is -2.36. The molecule has 0 aliphatic carbocycles. The number of hydrogen-bond acceptors (Lipinski definition) is 4. The number of hydrogen-bond donors (Lipinski definition) is 1. The molecule has 1 unspecified atom stereocenters. The van der Waals surface area contributed by atoms with Gasteiger partial charge in [-0.15, -0.1) is 0 Å². The Kier molecular flexibility index (Phi) is 5.79. The van der Waals surface area contributed by atoms with Crippen LogP contribution in [0.3, 0.4) is 0 Å². The van der Waals surface area contributed by atoms with Gasteiger partial charge in [-0.1, -0.05) is 6.92 Å². The molecule has 2 rings (SSSR count). The summed E-state index contributed by atoms with van der Waals surface area (Å²) in [4.78, 5) is 17.7. The minimum Gasteiger partial charge on any atom is -0.445 e. The summed E-state index contributed by atoms with van der Waals surface area (Å²) in [5.74, 6) is 2.36. The SMILES string of the molecule is CCC(CCc1cnc(C2CCN(C(C)=O)CC2)o1)NC. The number of rotatable bonds is 6. The number of carbonyl (C=O) groups excluding carboxylic acids is 1. The van der Waals surface area contributed by atoms with E-state index in [1.165, 1.54) is 0 Å². The fourth-order valence-corrected chi connectivity index (χ4v) is 2.94. The molecule has 0 saturated carbocycles. The Morgan fingerprint density at radius 2 is 2.24 bits per heavy atom. The van der Waals surface area contributed by atoms with Crippen molar-refractivity contribution in [3.05, 3.63) is 17.8 Å². The summed E-state index contributed by atoms with van der Waals surface area (Å²) in [5, 5.41) is 3.31. The summed E-state index contributed by atoms with van der Waals surface area (Å²) in [6, 6.07) is 0.539. The Morgan fingerprint density at radius 1 is 1.52 bits per heavy atom. The number of aromatic nitrogens is 1. The first-order valence-corrected chi connectivity index (χ1v) is 8.01. The van der Waals surface area contributed by atoms with Crippen molar-refractivity contribution in [1.29, 1.82) is 0 Å². The average Bonchev–Trinajstić information content (AvgIpc) is 2.97. The number of amides is 1. The first-order valence-electron chi connectivity index (χ1n) is 8.01. The monoisotopic (exact) mass is 293 g/mol. The van der Waals surface area contributed by atoms with E-state index in [-0.39, 0.29) is 5.91 Å². The number of carbonyl (C=O) groups is 1. The van der Waals surface area contributed by atoms with E-state index in [0.717, 1.165) is 56.8 Å². The summed E-state index contributed by atoms with van der Waals surface area (Å²) in [6.07, 6.45) is 6.90. The summed E-state index contributed by atoms with van der Waals surface area (Å²) >= 11 is 0. The second-order valence-corrected chi connectivity index (χ2v) is 5.88. The van der Waals surface area contributed by atoms with Crippen LogP contribution < -0.4 is 5.32 Å². The van der Waals surface area contributed by atoms with E-state index in [2.05, 4.69) is 17.2 Å². The van der Waals surface area contributed by atoms with Crippen molar-refractivity contribution in [2.75, 3.05) is 20.1 Å². The molecule has 1 amide bonds. The van der Waals surface area contributed by atoms with Gasteiger partial charge in [-0.2, -0.15) is 0 Å². The molecule has 1 N–H and O–H groups in total. The van der Waals surface area contributed by atoms with Crippen molar-refractivity contribution < 1.29 is 9.21 Å². The Balaban J connectivity index is 1.84. The van der Waals surface area contributed by atoms with Crippen LogP contribution in [0.5, 0.6) is 0 Å². The molecular weight excluding hydrogens is 266 g/mol. The Hall–Kier alpha value is -1.36. The first kappa shape index (κ1) is 16.0. The Bertz CT molecular complexity index is 446. The molecule has 0 bridgehead atoms. The van der Waals surface area contributed by atoms with Crippen molar-refractivity contribution >= 4 is 5.91 Å². The third-order valence-electron chi connectivity index (χ3n) is 4.50. The smallest absolute Gasteiger partial charge is 0.219 e. The molecule has 1 saturated heterocycles. The van der Waals surface area contributed by atoms with E-state index in [4.69, 9.17) is 4.42 Å². The lowest BCUT2D eigenvalue weighted by Gasteiger charge is -2.29. The molecule has 2 heterocycles. The van der Waals surface area contributed by atoms with E-state index in [0.29, 0.717) is 12.0 Å². The molecule has 5 heteroatoms. The van der Waals surface area contributed by atoms with Crippen LogP contribution in [0.4, 0.5) is 0 Å². The second kappa shape index (κ2) is 7.59. The lowest BCUT2D eigenvalue weighted by molar-refractivity contribution is -0.129. The molecule has 1 fully saturated rings. The predicted octanol–water partition coefficient (Wildman–Crippen LogP) is 2.33. The molecular formula is C16H27N3O2. The van der Waals surface area contributed by atoms with Gasteiger partial charge in [0.05, 0.1) is 6.20 Å². The van der Waals surface area contributed by atoms with Crippen LogP contribution in [0, 0.1) is 0 Å². The topological polar surface area (TPSA) is 58.4 Å². The van der Waals surface area contributed by atoms with Crippen molar-refractivity contribution in [1.82, 2.24) is 15.2 Å². The Morgan fingerprint density at radius 3 is 2.81 bits per heavy atom. The summed E-state index contributed by atoms with van der Waals surface area (Å²) < 4.78 is 5.92. The third-order valence-corrected chi connectivity index (χ3v) is 4.50. The van der Waals surface area contributed by atoms with E-state index in [1.807, 2.05) is 18.1 Å². The summed E-state index contributed by atoms with van der Waals surface area (Å²) in [5.41, 5.74) is 0. The normalized spacial score (nSPS) is 18.0. The number of likely N-dealkylation sites (tertiary alicyclic amines) is 1. The van der Waals surface area contributed by atoms with Crippen molar-refractivity contribution in [3.8, 4) is 0 Å². The van der Waals surface area contributed by atoms with Gasteiger partial charge in [0, 0.05) is 38.4 Å². The molecule has 21 heavy (non-hydrogen) atoms. The van der Waals surface area contributed by atoms with Gasteiger partial charge in [0.25, 0.3) is 0 Å². The van der Waals surface area contributed by atoms with Gasteiger partial charge >= 0.3 is 0 Å². The minimum atomic E-state index is 0.166. The Labute approximate surface area is 127 Å². The number of piperidine rings is 1. The zero-order chi connectivity index (χ0) is 15.2. The number of aryl methyl sites for hydroxylation is 1. The summed E-state index contributed by atoms with van der Waals surface area (Å²) in [7, 11) is 2.00. The van der Waals surface area contributed by atoms with Gasteiger partial charge < -0.3 is 14.6 Å². The molecule has 1 aliphatic heterocycles. The second-order valence-electron chi connectivity index (χ2n) is 5.88. The van der Waals surface area contributed by atoms with Gasteiger partial charge in [-0.3, -0.25) is 4.79 Å². The molecule has 1 atom stereocenters. The zero-order valence-electron chi connectivity index (χ0n) is 13.4. The highest BCUT2D eigenvalue weighted by atomic mass is 16.4. The van der Waals surface area contributed by atoms with Gasteiger partial charge in [0.2, 0.25) is 5.91 Å². The maximum atomic E-state index is 11.3. The van der Waals surface area contributed by atoms with E-state index in [9.17, 15) is 4.79 Å². The van der Waals surface area contributed by atoms with Crippen LogP contribution in [0.15, 0.2) is 10.6 Å². The average molecular weight is 293 g/mol. The van der Waals surface area contributed by atoms with Gasteiger partial charge in [0.15, 0.2) is 5.89 Å². The van der Waals surface area contributed by atoms with Crippen LogP contribution in [-0.4, -0.2) is 42.0 Å². The van der Waals surface area contributed by atoms with Crippen LogP contribution in [0.2, 0.25) is 0 Å². The zero-order valence-corrected chi connectivity index (χ0v) is 13.4. The van der Waals surface area contributed by atoms with Crippen LogP contribution in [0.25, 0.3) is 0 Å². The quantitative estimate of drug-likeness (QED) is 0.874. The molecule has 0 spiro atoms. The number of nitrogens with one attached hydrogen (secondary N) is 1. The molecule has 0 aromatic carbocycles. The van der Waals surface area contributed by atoms with Crippen molar-refractivity contribution in [3.63, 3.8) is 0 Å². The van der Waals surface area contributed by atoms with Crippen molar-refractivity contribution in [2.24, 2.45) is 0 Å². The standard InChI is InChI=1S/C16H27N3O2/c1-4-14(17-3)5-6-15-11-18-16(21-15)13-7-9-19(10-8-13)12(2)20/h11,13-14,17H,4-10H2,1-3H3. The molecule has 118 valence electrons. The van der Waals surface area contributed by atoms with Gasteiger partial charge in [0.1, 0.15) is 5.76 Å². The number of nitrogens with zero attached hydrogens (tertiary/aromatic N) is 2. The van der Waals surface area contributed by atoms with Crippen LogP contribution in [0.1, 0.15) is 57.1 Å². The summed E-state index contributed by atoms with van der Waals surface area (Å²) in [6.45, 7) is 5.45. The van der Waals surface area contributed by atoms with Crippen LogP contribution in [-0.2, 0) is 11.2 Å². The van der Waals surface area contributed by atoms with Gasteiger partial charge in [-0.25, -0.2) is 4.98 Å². The fourth-order valence-electron chi connectivity index (χ4n) is 2.94. The molecule has 0 radical (unpaired) electrons. The highest BCUT2D eigenvalue weighted by Crippen LogP contribution is 2.28. The molecule has 1 aromatic rings. The maximum Gasteiger partial charge on any atom is 0.219 e. The fraction of sp³-hybridized carbons (Fsp3) is 0.750. The molecule has 5 nitrogen and oxygen atoms in total. The third kappa shape index (κ3) is 4.30. The van der Waals surface area contributed by atoms with E-state index in [1.54, 1.807) is 6.92 Å². The maximum absolute atomic E-state index is 11.3. The predicted molar refractivity (Wildman–Crippen MR) is 82.2 cm³/mol. The molecule has 1 aromatic heterocycles. The highest BCUT2D eigenvalue weighted by molar-refractivity contribution is 5.73. The van der Waals surface area contributed by atoms with E-state index >= 15 is 0 Å². The minimum absolute atomic E-state index is 0.166. The highest BCUT2D eigenvalue weighted by Gasteiger charge is 2.25. The lowest BCUT2D eigenvalue weighted by atomic mass is 9.97. The van der Waals surface area contributed by atoms with Crippen molar-refractivity contribution in [2.45, 2.75) is 57.9 Å².